The van der Waals surface area contributed by atoms with E-state index >= 15 is 0 Å². The van der Waals surface area contributed by atoms with Gasteiger partial charge in [0.05, 0.1) is 29.9 Å². The Hall–Kier alpha value is -1.60. The molecule has 1 aromatic carbocycles. The molecular formula is C19H26Cl2N4O2. The van der Waals surface area contributed by atoms with Crippen LogP contribution in [0.3, 0.4) is 0 Å². The number of ketones is 1. The molecule has 8 heteroatoms. The van der Waals surface area contributed by atoms with E-state index in [-0.39, 0.29) is 30.6 Å². The van der Waals surface area contributed by atoms with Crippen molar-refractivity contribution in [2.45, 2.75) is 26.8 Å². The van der Waals surface area contributed by atoms with Crippen LogP contribution in [-0.2, 0) is 11.3 Å². The molecule has 27 heavy (non-hydrogen) atoms. The van der Waals surface area contributed by atoms with Crippen molar-refractivity contribution >= 4 is 47.4 Å². The number of imidazole rings is 2. The third-order valence-electron chi connectivity index (χ3n) is 5.02. The molecule has 0 bridgehead atoms. The Balaban J connectivity index is 0.00000131. The van der Waals surface area contributed by atoms with Gasteiger partial charge in [-0.2, -0.15) is 0 Å². The maximum Gasteiger partial charge on any atom is 0.215 e. The lowest BCUT2D eigenvalue weighted by atomic mass is 10.2. The number of carbonyl (C=O) groups excluding carboxylic acids is 1. The maximum absolute atomic E-state index is 12.5. The molecule has 6 nitrogen and oxygen atoms in total. The number of para-hydroxylation sites is 2. The topological polar surface area (TPSA) is 51.8 Å². The molecule has 0 amide bonds. The van der Waals surface area contributed by atoms with Gasteiger partial charge in [-0.05, 0) is 19.1 Å². The van der Waals surface area contributed by atoms with Crippen LogP contribution in [-0.4, -0.2) is 57.5 Å². The average Bonchev–Trinajstić information content (AvgIpc) is 3.13. The number of aromatic nitrogens is 3. The van der Waals surface area contributed by atoms with Crippen LogP contribution in [0.15, 0.2) is 24.3 Å². The Morgan fingerprint density at radius 3 is 2.44 bits per heavy atom. The number of rotatable bonds is 5. The monoisotopic (exact) mass is 412 g/mol. The Morgan fingerprint density at radius 2 is 1.78 bits per heavy atom. The summed E-state index contributed by atoms with van der Waals surface area (Å²) in [4.78, 5) is 19.6. The number of hydrogen-bond donors (Lipinski definition) is 0. The minimum atomic E-state index is 0. The Morgan fingerprint density at radius 1 is 1.11 bits per heavy atom. The highest BCUT2D eigenvalue weighted by Crippen LogP contribution is 2.25. The van der Waals surface area contributed by atoms with Crippen LogP contribution in [0.5, 0.6) is 0 Å². The van der Waals surface area contributed by atoms with Crippen molar-refractivity contribution in [3.8, 4) is 0 Å². The van der Waals surface area contributed by atoms with Gasteiger partial charge < -0.3 is 9.30 Å². The standard InChI is InChI=1S/C19H24N4O2.2ClH/c1-3-17(24)18-14(2)20-19-22(9-8-21-10-12-25-13-11-21)15-6-4-5-7-16(15)23(18)19;;/h4-7H,3,8-13H2,1-2H3;2*1H. The number of halogens is 2. The van der Waals surface area contributed by atoms with Crippen LogP contribution in [0, 0.1) is 6.92 Å². The van der Waals surface area contributed by atoms with E-state index < -0.39 is 0 Å². The van der Waals surface area contributed by atoms with Crippen LogP contribution in [0.1, 0.15) is 29.5 Å². The van der Waals surface area contributed by atoms with Gasteiger partial charge in [0, 0.05) is 32.6 Å². The first kappa shape index (κ1) is 21.7. The smallest absolute Gasteiger partial charge is 0.215 e. The van der Waals surface area contributed by atoms with Crippen molar-refractivity contribution in [2.75, 3.05) is 32.8 Å². The minimum absolute atomic E-state index is 0. The van der Waals surface area contributed by atoms with Gasteiger partial charge in [-0.3, -0.25) is 14.1 Å². The molecule has 0 aliphatic carbocycles. The number of nitrogens with zero attached hydrogens (tertiary/aromatic N) is 4. The van der Waals surface area contributed by atoms with E-state index in [0.717, 1.165) is 67.6 Å². The summed E-state index contributed by atoms with van der Waals surface area (Å²) >= 11 is 0. The zero-order valence-corrected chi connectivity index (χ0v) is 17.3. The highest BCUT2D eigenvalue weighted by molar-refractivity contribution is 5.98. The largest absolute Gasteiger partial charge is 0.379 e. The molecule has 0 spiro atoms. The molecule has 0 atom stereocenters. The number of hydrogen-bond acceptors (Lipinski definition) is 4. The van der Waals surface area contributed by atoms with Crippen molar-refractivity contribution < 1.29 is 9.53 Å². The molecule has 148 valence electrons. The molecular weight excluding hydrogens is 387 g/mol. The third kappa shape index (κ3) is 3.85. The summed E-state index contributed by atoms with van der Waals surface area (Å²) in [5.41, 5.74) is 3.71. The van der Waals surface area contributed by atoms with Crippen molar-refractivity contribution in [1.82, 2.24) is 18.9 Å². The third-order valence-corrected chi connectivity index (χ3v) is 5.02. The van der Waals surface area contributed by atoms with Crippen LogP contribution < -0.4 is 0 Å². The van der Waals surface area contributed by atoms with Gasteiger partial charge in [-0.25, -0.2) is 4.98 Å². The number of morpholine rings is 1. The molecule has 0 radical (unpaired) electrons. The van der Waals surface area contributed by atoms with Gasteiger partial charge >= 0.3 is 0 Å². The van der Waals surface area contributed by atoms with E-state index in [1.54, 1.807) is 0 Å². The first-order valence-electron chi connectivity index (χ1n) is 9.00. The summed E-state index contributed by atoms with van der Waals surface area (Å²) in [6.07, 6.45) is 0.488. The lowest BCUT2D eigenvalue weighted by Crippen LogP contribution is -2.38. The number of aryl methyl sites for hydroxylation is 1. The van der Waals surface area contributed by atoms with E-state index in [2.05, 4.69) is 21.6 Å². The van der Waals surface area contributed by atoms with Crippen molar-refractivity contribution in [2.24, 2.45) is 0 Å². The SMILES string of the molecule is CCC(=O)c1c(C)nc2n(CCN3CCOCC3)c3ccccc3n12.Cl.Cl. The highest BCUT2D eigenvalue weighted by Gasteiger charge is 2.22. The summed E-state index contributed by atoms with van der Waals surface area (Å²) in [6, 6.07) is 8.24. The zero-order valence-electron chi connectivity index (χ0n) is 15.7. The second-order valence-electron chi connectivity index (χ2n) is 6.55. The molecule has 1 saturated heterocycles. The molecule has 1 aliphatic rings. The van der Waals surface area contributed by atoms with Crippen molar-refractivity contribution in [3.63, 3.8) is 0 Å². The van der Waals surface area contributed by atoms with Gasteiger partial charge in [0.25, 0.3) is 0 Å². The van der Waals surface area contributed by atoms with E-state index in [1.807, 2.05) is 30.4 Å². The van der Waals surface area contributed by atoms with Gasteiger partial charge in [0.2, 0.25) is 5.78 Å². The number of carbonyl (C=O) groups is 1. The summed E-state index contributed by atoms with van der Waals surface area (Å²) in [5.74, 6) is 1.00. The number of ether oxygens (including phenoxy) is 1. The van der Waals surface area contributed by atoms with Gasteiger partial charge in [-0.1, -0.05) is 19.1 Å². The number of benzene rings is 1. The molecule has 0 N–H and O–H groups in total. The van der Waals surface area contributed by atoms with Crippen LogP contribution in [0.2, 0.25) is 0 Å². The normalized spacial score (nSPS) is 14.9. The predicted octanol–water partition coefficient (Wildman–Crippen LogP) is 3.37. The minimum Gasteiger partial charge on any atom is -0.379 e. The van der Waals surface area contributed by atoms with E-state index in [1.165, 1.54) is 0 Å². The summed E-state index contributed by atoms with van der Waals surface area (Å²) in [5, 5.41) is 0. The van der Waals surface area contributed by atoms with Crippen LogP contribution >= 0.6 is 24.8 Å². The fourth-order valence-electron chi connectivity index (χ4n) is 3.69. The maximum atomic E-state index is 12.5. The molecule has 0 unspecified atom stereocenters. The molecule has 1 fully saturated rings. The molecule has 2 aromatic heterocycles. The molecule has 3 heterocycles. The average molecular weight is 413 g/mol. The zero-order chi connectivity index (χ0) is 17.4. The van der Waals surface area contributed by atoms with Gasteiger partial charge in [0.15, 0.2) is 5.78 Å². The second-order valence-corrected chi connectivity index (χ2v) is 6.55. The van der Waals surface area contributed by atoms with Crippen molar-refractivity contribution in [1.29, 1.82) is 0 Å². The predicted molar refractivity (Wildman–Crippen MR) is 112 cm³/mol. The first-order valence-corrected chi connectivity index (χ1v) is 9.00. The molecule has 0 saturated carbocycles. The fraction of sp³-hybridized carbons (Fsp3) is 0.474. The highest BCUT2D eigenvalue weighted by atomic mass is 35.5. The van der Waals surface area contributed by atoms with E-state index in [9.17, 15) is 4.79 Å². The summed E-state index contributed by atoms with van der Waals surface area (Å²) in [7, 11) is 0. The Kier molecular flexibility index (Phi) is 7.28. The van der Waals surface area contributed by atoms with Gasteiger partial charge in [0.1, 0.15) is 5.69 Å². The number of fused-ring (bicyclic) bond motifs is 3. The van der Waals surface area contributed by atoms with Gasteiger partial charge in [-0.15, -0.1) is 24.8 Å². The van der Waals surface area contributed by atoms with E-state index in [0.29, 0.717) is 6.42 Å². The fourth-order valence-corrected chi connectivity index (χ4v) is 3.69. The summed E-state index contributed by atoms with van der Waals surface area (Å²) in [6.45, 7) is 9.20. The van der Waals surface area contributed by atoms with Crippen LogP contribution in [0.4, 0.5) is 0 Å². The molecule has 3 aromatic rings. The lowest BCUT2D eigenvalue weighted by molar-refractivity contribution is 0.0366. The Bertz CT molecular complexity index is 929. The second kappa shape index (κ2) is 9.06. The molecule has 4 rings (SSSR count). The Labute approximate surface area is 171 Å². The summed E-state index contributed by atoms with van der Waals surface area (Å²) < 4.78 is 9.71. The lowest BCUT2D eigenvalue weighted by Gasteiger charge is -2.26. The van der Waals surface area contributed by atoms with E-state index in [4.69, 9.17) is 9.72 Å². The first-order chi connectivity index (χ1) is 12.2. The van der Waals surface area contributed by atoms with Crippen molar-refractivity contribution in [3.05, 3.63) is 35.7 Å². The molecule has 1 aliphatic heterocycles. The number of Topliss-reactive ketones (excluding diaryl/α,β-unsaturated/α-hetero) is 1. The quantitative estimate of drug-likeness (QED) is 0.602. The van der Waals surface area contributed by atoms with Crippen LogP contribution in [0.25, 0.3) is 16.8 Å².